The minimum atomic E-state index is -0.219. The number of hydrogen-bond donors (Lipinski definition) is 1. The van der Waals surface area contributed by atoms with E-state index in [1.807, 2.05) is 13.0 Å². The number of nitrogens with zero attached hydrogens (tertiary/aromatic N) is 1. The van der Waals surface area contributed by atoms with Gasteiger partial charge in [0.05, 0.1) is 0 Å². The number of benzene rings is 1. The Morgan fingerprint density at radius 3 is 2.50 bits per heavy atom. The fourth-order valence-corrected chi connectivity index (χ4v) is 2.75. The van der Waals surface area contributed by atoms with Gasteiger partial charge >= 0.3 is 0 Å². The normalized spacial score (nSPS) is 17.9. The van der Waals surface area contributed by atoms with Crippen LogP contribution in [0.2, 0.25) is 0 Å². The van der Waals surface area contributed by atoms with E-state index in [1.165, 1.54) is 11.6 Å². The predicted molar refractivity (Wildman–Crippen MR) is 83.4 cm³/mol. The van der Waals surface area contributed by atoms with Gasteiger partial charge in [-0.15, -0.1) is 0 Å². The van der Waals surface area contributed by atoms with Crippen LogP contribution in [0.1, 0.15) is 45.7 Å². The summed E-state index contributed by atoms with van der Waals surface area (Å²) in [4.78, 5) is 2.29. The van der Waals surface area contributed by atoms with Crippen LogP contribution in [-0.4, -0.2) is 13.1 Å². The molecule has 0 bridgehead atoms. The third-order valence-corrected chi connectivity index (χ3v) is 3.99. The number of anilines is 1. The van der Waals surface area contributed by atoms with Crippen LogP contribution in [0.4, 0.5) is 10.1 Å². The minimum Gasteiger partial charge on any atom is -0.367 e. The summed E-state index contributed by atoms with van der Waals surface area (Å²) in [6, 6.07) is 4.77. The topological polar surface area (TPSA) is 29.3 Å². The lowest BCUT2D eigenvalue weighted by molar-refractivity contribution is 0.472. The molecular weight excluding hydrogens is 251 g/mol. The molecule has 1 atom stereocenters. The summed E-state index contributed by atoms with van der Waals surface area (Å²) in [6.45, 7) is 10.5. The quantitative estimate of drug-likeness (QED) is 0.826. The van der Waals surface area contributed by atoms with Gasteiger partial charge in [0, 0.05) is 24.8 Å². The van der Waals surface area contributed by atoms with E-state index in [4.69, 9.17) is 5.73 Å². The van der Waals surface area contributed by atoms with E-state index in [9.17, 15) is 4.39 Å². The Morgan fingerprint density at radius 1 is 1.30 bits per heavy atom. The molecule has 1 unspecified atom stereocenters. The van der Waals surface area contributed by atoms with Crippen molar-refractivity contribution in [2.75, 3.05) is 18.0 Å². The average Bonchev–Trinajstić information content (AvgIpc) is 2.37. The highest BCUT2D eigenvalue weighted by atomic mass is 19.1. The first kappa shape index (κ1) is 15.0. The molecule has 2 nitrogen and oxygen atoms in total. The van der Waals surface area contributed by atoms with Crippen LogP contribution >= 0.6 is 0 Å². The number of nitrogens with two attached hydrogens (primary N) is 1. The van der Waals surface area contributed by atoms with Gasteiger partial charge in [0.2, 0.25) is 0 Å². The Hall–Kier alpha value is -1.35. The van der Waals surface area contributed by atoms with Gasteiger partial charge in [-0.1, -0.05) is 32.4 Å². The molecule has 20 heavy (non-hydrogen) atoms. The highest BCUT2D eigenvalue weighted by Gasteiger charge is 2.23. The van der Waals surface area contributed by atoms with Crippen molar-refractivity contribution in [2.45, 2.75) is 40.2 Å². The molecule has 0 radical (unpaired) electrons. The first-order valence-electron chi connectivity index (χ1n) is 7.28. The van der Waals surface area contributed by atoms with E-state index in [-0.39, 0.29) is 17.3 Å². The zero-order valence-corrected chi connectivity index (χ0v) is 12.9. The zero-order chi connectivity index (χ0) is 14.9. The van der Waals surface area contributed by atoms with Crippen molar-refractivity contribution in [1.29, 1.82) is 0 Å². The van der Waals surface area contributed by atoms with Crippen molar-refractivity contribution in [2.24, 2.45) is 11.1 Å². The van der Waals surface area contributed by atoms with Gasteiger partial charge in [-0.3, -0.25) is 0 Å². The van der Waals surface area contributed by atoms with Crippen molar-refractivity contribution >= 4 is 5.69 Å². The summed E-state index contributed by atoms with van der Waals surface area (Å²) < 4.78 is 13.4. The largest absolute Gasteiger partial charge is 0.367 e. The Balaban J connectivity index is 2.25. The third-order valence-electron chi connectivity index (χ3n) is 3.99. The summed E-state index contributed by atoms with van der Waals surface area (Å²) in [5.74, 6) is -0.219. The highest BCUT2D eigenvalue weighted by molar-refractivity contribution is 5.56. The first-order valence-corrected chi connectivity index (χ1v) is 7.28. The Bertz CT molecular complexity index is 512. The van der Waals surface area contributed by atoms with Crippen LogP contribution in [0.3, 0.4) is 0 Å². The van der Waals surface area contributed by atoms with Crippen molar-refractivity contribution in [3.8, 4) is 0 Å². The van der Waals surface area contributed by atoms with Gasteiger partial charge in [0.15, 0.2) is 0 Å². The number of halogens is 1. The Morgan fingerprint density at radius 2 is 2.00 bits per heavy atom. The van der Waals surface area contributed by atoms with E-state index in [0.29, 0.717) is 0 Å². The molecule has 1 aliphatic heterocycles. The first-order chi connectivity index (χ1) is 9.29. The predicted octanol–water partition coefficient (Wildman–Crippen LogP) is 4.03. The number of rotatable bonds is 2. The molecule has 2 rings (SSSR count). The molecule has 110 valence electrons. The van der Waals surface area contributed by atoms with Gasteiger partial charge in [-0.2, -0.15) is 0 Å². The Kier molecular flexibility index (Phi) is 4.19. The molecule has 0 saturated heterocycles. The summed E-state index contributed by atoms with van der Waals surface area (Å²) in [7, 11) is 0. The van der Waals surface area contributed by atoms with Crippen LogP contribution < -0.4 is 10.6 Å². The van der Waals surface area contributed by atoms with Crippen LogP contribution in [0.25, 0.3) is 0 Å². The average molecular weight is 276 g/mol. The fraction of sp³-hybridized carbons (Fsp3) is 0.529. The molecule has 0 aromatic heterocycles. The summed E-state index contributed by atoms with van der Waals surface area (Å²) in [6.07, 6.45) is 3.36. The molecule has 2 N–H and O–H groups in total. The second-order valence-corrected chi connectivity index (χ2v) is 6.67. The standard InChI is InChI=1S/C17H25FN2/c1-12(19)15-11-14(18)5-6-16(15)20-9-7-13(8-10-20)17(2,3)4/h5-7,11-12H,8-10,19H2,1-4H3. The van der Waals surface area contributed by atoms with E-state index < -0.39 is 0 Å². The maximum Gasteiger partial charge on any atom is 0.123 e. The van der Waals surface area contributed by atoms with Gasteiger partial charge in [-0.05, 0) is 42.5 Å². The van der Waals surface area contributed by atoms with E-state index in [1.54, 1.807) is 6.07 Å². The molecule has 3 heteroatoms. The van der Waals surface area contributed by atoms with E-state index in [2.05, 4.69) is 31.7 Å². The monoisotopic (exact) mass is 276 g/mol. The summed E-state index contributed by atoms with van der Waals surface area (Å²) >= 11 is 0. The molecule has 0 spiro atoms. The second kappa shape index (κ2) is 5.57. The molecule has 1 aromatic rings. The lowest BCUT2D eigenvalue weighted by Crippen LogP contribution is -2.32. The van der Waals surface area contributed by atoms with Crippen molar-refractivity contribution < 1.29 is 4.39 Å². The maximum atomic E-state index is 13.4. The summed E-state index contributed by atoms with van der Waals surface area (Å²) in [5, 5.41) is 0. The van der Waals surface area contributed by atoms with Crippen molar-refractivity contribution in [1.82, 2.24) is 0 Å². The smallest absolute Gasteiger partial charge is 0.123 e. The van der Waals surface area contributed by atoms with Crippen LogP contribution in [0.5, 0.6) is 0 Å². The van der Waals surface area contributed by atoms with Gasteiger partial charge in [0.1, 0.15) is 5.82 Å². The molecule has 0 saturated carbocycles. The number of hydrogen-bond acceptors (Lipinski definition) is 2. The van der Waals surface area contributed by atoms with Crippen LogP contribution in [0, 0.1) is 11.2 Å². The molecule has 0 fully saturated rings. The van der Waals surface area contributed by atoms with Crippen LogP contribution in [0.15, 0.2) is 29.8 Å². The molecule has 0 aliphatic carbocycles. The maximum absolute atomic E-state index is 13.4. The zero-order valence-electron chi connectivity index (χ0n) is 12.9. The lowest BCUT2D eigenvalue weighted by atomic mass is 9.83. The fourth-order valence-electron chi connectivity index (χ4n) is 2.75. The van der Waals surface area contributed by atoms with Gasteiger partial charge in [0.25, 0.3) is 0 Å². The molecule has 1 aliphatic rings. The highest BCUT2D eigenvalue weighted by Crippen LogP contribution is 2.33. The lowest BCUT2D eigenvalue weighted by Gasteiger charge is -2.34. The van der Waals surface area contributed by atoms with Gasteiger partial charge < -0.3 is 10.6 Å². The summed E-state index contributed by atoms with van der Waals surface area (Å²) in [5.41, 5.74) is 9.66. The minimum absolute atomic E-state index is 0.159. The van der Waals surface area contributed by atoms with E-state index in [0.717, 1.165) is 30.8 Å². The SMILES string of the molecule is CC(N)c1cc(F)ccc1N1CC=C(C(C)(C)C)CC1. The van der Waals surface area contributed by atoms with Crippen LogP contribution in [-0.2, 0) is 0 Å². The molecule has 0 amide bonds. The second-order valence-electron chi connectivity index (χ2n) is 6.67. The van der Waals surface area contributed by atoms with Crippen molar-refractivity contribution in [3.63, 3.8) is 0 Å². The molecule has 1 heterocycles. The van der Waals surface area contributed by atoms with Crippen molar-refractivity contribution in [3.05, 3.63) is 41.2 Å². The van der Waals surface area contributed by atoms with Gasteiger partial charge in [-0.25, -0.2) is 4.39 Å². The molecular formula is C17H25FN2. The molecule has 1 aromatic carbocycles. The Labute approximate surface area is 121 Å². The van der Waals surface area contributed by atoms with E-state index >= 15 is 0 Å². The third kappa shape index (κ3) is 3.21.